The predicted octanol–water partition coefficient (Wildman–Crippen LogP) is 0.311. The molecule has 3 atom stereocenters. The van der Waals surface area contributed by atoms with Crippen LogP contribution in [0.4, 0.5) is 0 Å². The first kappa shape index (κ1) is 18.2. The Balaban J connectivity index is 1.96. The topological polar surface area (TPSA) is 86.8 Å². The van der Waals surface area contributed by atoms with Crippen molar-refractivity contribution in [2.24, 2.45) is 11.8 Å². The molecule has 0 spiro atoms. The molecule has 132 valence electrons. The molecule has 3 unspecified atom stereocenters. The number of rotatable bonds is 6. The molecule has 4 amide bonds. The number of hydrogen-bond acceptors (Lipinski definition) is 4. The van der Waals surface area contributed by atoms with Gasteiger partial charge in [-0.15, -0.1) is 0 Å². The normalized spacial score (nSPS) is 23.9. The second-order valence-corrected chi connectivity index (χ2v) is 6.41. The van der Waals surface area contributed by atoms with Crippen LogP contribution in [0, 0.1) is 11.8 Å². The lowest BCUT2D eigenvalue weighted by Crippen LogP contribution is -2.49. The van der Waals surface area contributed by atoms with Crippen molar-refractivity contribution in [1.82, 2.24) is 15.1 Å². The zero-order valence-electron chi connectivity index (χ0n) is 14.4. The van der Waals surface area contributed by atoms with Gasteiger partial charge in [-0.3, -0.25) is 24.1 Å². The van der Waals surface area contributed by atoms with Crippen LogP contribution in [0.3, 0.4) is 0 Å². The number of amides is 4. The lowest BCUT2D eigenvalue weighted by molar-refractivity contribution is -0.150. The molecule has 0 aromatic rings. The van der Waals surface area contributed by atoms with Crippen LogP contribution < -0.4 is 5.32 Å². The summed E-state index contributed by atoms with van der Waals surface area (Å²) in [5.41, 5.74) is 0. The molecular formula is C17H25N3O4. The molecule has 1 N–H and O–H groups in total. The van der Waals surface area contributed by atoms with E-state index in [0.29, 0.717) is 32.2 Å². The number of imide groups is 1. The summed E-state index contributed by atoms with van der Waals surface area (Å²) in [6, 6.07) is -0.805. The average Bonchev–Trinajstić information content (AvgIpc) is 2.84. The van der Waals surface area contributed by atoms with E-state index in [4.69, 9.17) is 0 Å². The summed E-state index contributed by atoms with van der Waals surface area (Å²) in [5.74, 6) is -1.49. The van der Waals surface area contributed by atoms with Gasteiger partial charge >= 0.3 is 0 Å². The van der Waals surface area contributed by atoms with E-state index in [1.54, 1.807) is 21.0 Å². The Hall–Kier alpha value is -2.18. The molecule has 24 heavy (non-hydrogen) atoms. The van der Waals surface area contributed by atoms with Gasteiger partial charge in [0, 0.05) is 27.1 Å². The van der Waals surface area contributed by atoms with E-state index in [2.05, 4.69) is 5.32 Å². The number of allylic oxidation sites excluding steroid dienone is 2. The second kappa shape index (κ2) is 7.59. The third-order valence-corrected chi connectivity index (χ3v) is 4.84. The van der Waals surface area contributed by atoms with E-state index in [9.17, 15) is 19.2 Å². The molecule has 2 aliphatic rings. The molecule has 7 nitrogen and oxygen atoms in total. The molecular weight excluding hydrogens is 310 g/mol. The Bertz CT molecular complexity index is 546. The molecule has 1 fully saturated rings. The average molecular weight is 335 g/mol. The van der Waals surface area contributed by atoms with Crippen LogP contribution in [0.15, 0.2) is 12.2 Å². The zero-order chi connectivity index (χ0) is 17.9. The van der Waals surface area contributed by atoms with Crippen molar-refractivity contribution < 1.29 is 19.2 Å². The van der Waals surface area contributed by atoms with Crippen LogP contribution >= 0.6 is 0 Å². The molecule has 0 aromatic carbocycles. The second-order valence-electron chi connectivity index (χ2n) is 6.41. The Morgan fingerprint density at radius 2 is 1.79 bits per heavy atom. The molecule has 0 saturated carbocycles. The van der Waals surface area contributed by atoms with Gasteiger partial charge in [-0.2, -0.15) is 0 Å². The van der Waals surface area contributed by atoms with E-state index in [1.165, 1.54) is 4.90 Å². The van der Waals surface area contributed by atoms with Crippen molar-refractivity contribution in [2.75, 3.05) is 20.6 Å². The minimum absolute atomic E-state index is 0.0784. The number of fused-ring (bicyclic) bond motifs is 1. The molecule has 1 heterocycles. The molecule has 1 saturated heterocycles. The molecule has 1 aliphatic heterocycles. The monoisotopic (exact) mass is 335 g/mol. The van der Waals surface area contributed by atoms with Gasteiger partial charge in [0.25, 0.3) is 0 Å². The van der Waals surface area contributed by atoms with Crippen LogP contribution in [0.2, 0.25) is 0 Å². The first-order valence-corrected chi connectivity index (χ1v) is 8.36. The molecule has 1 aliphatic carbocycles. The summed E-state index contributed by atoms with van der Waals surface area (Å²) >= 11 is 0. The lowest BCUT2D eigenvalue weighted by Gasteiger charge is -2.27. The fraction of sp³-hybridized carbons (Fsp3) is 0.647. The number of nitrogens with one attached hydrogen (secondary N) is 1. The van der Waals surface area contributed by atoms with Crippen LogP contribution in [0.25, 0.3) is 0 Å². The lowest BCUT2D eigenvalue weighted by atomic mass is 9.85. The minimum Gasteiger partial charge on any atom is -0.359 e. The Morgan fingerprint density at radius 3 is 2.29 bits per heavy atom. The minimum atomic E-state index is -0.805. The number of likely N-dealkylation sites (tertiary alicyclic amines) is 1. The maximum Gasteiger partial charge on any atom is 0.245 e. The van der Waals surface area contributed by atoms with E-state index in [1.807, 2.05) is 12.2 Å². The van der Waals surface area contributed by atoms with Crippen molar-refractivity contribution >= 4 is 23.6 Å². The van der Waals surface area contributed by atoms with Gasteiger partial charge in [0.05, 0.1) is 11.8 Å². The molecule has 0 bridgehead atoms. The summed E-state index contributed by atoms with van der Waals surface area (Å²) in [7, 11) is 3.19. The van der Waals surface area contributed by atoms with Crippen molar-refractivity contribution in [3.05, 3.63) is 12.2 Å². The standard InChI is InChI=1S/C17H25N3O4/c1-11(15(22)19(3)10-6-9-14(21)18-2)20-16(23)12-7-4-5-8-13(12)17(20)24/h4-5,11-13H,6-10H2,1-3H3,(H,18,21). The van der Waals surface area contributed by atoms with Gasteiger partial charge in [-0.1, -0.05) is 12.2 Å². The summed E-state index contributed by atoms with van der Waals surface area (Å²) in [4.78, 5) is 51.4. The maximum absolute atomic E-state index is 12.5. The van der Waals surface area contributed by atoms with Gasteiger partial charge in [0.2, 0.25) is 23.6 Å². The number of carbonyl (C=O) groups excluding carboxylic acids is 4. The number of hydrogen-bond donors (Lipinski definition) is 1. The largest absolute Gasteiger partial charge is 0.359 e. The highest BCUT2D eigenvalue weighted by Gasteiger charge is 2.50. The summed E-state index contributed by atoms with van der Waals surface area (Å²) in [5, 5.41) is 2.53. The first-order chi connectivity index (χ1) is 11.4. The van der Waals surface area contributed by atoms with Crippen LogP contribution in [-0.2, 0) is 19.2 Å². The van der Waals surface area contributed by atoms with Crippen molar-refractivity contribution in [2.45, 2.75) is 38.6 Å². The van der Waals surface area contributed by atoms with Crippen LogP contribution in [0.1, 0.15) is 32.6 Å². The van der Waals surface area contributed by atoms with Crippen molar-refractivity contribution in [3.8, 4) is 0 Å². The summed E-state index contributed by atoms with van der Waals surface area (Å²) in [6.45, 7) is 2.00. The van der Waals surface area contributed by atoms with Gasteiger partial charge < -0.3 is 10.2 Å². The third-order valence-electron chi connectivity index (χ3n) is 4.84. The SMILES string of the molecule is CNC(=O)CCCN(C)C(=O)C(C)N1C(=O)C2CC=CCC2C1=O. The fourth-order valence-electron chi connectivity index (χ4n) is 3.35. The number of nitrogens with zero attached hydrogens (tertiary/aromatic N) is 2. The molecule has 0 radical (unpaired) electrons. The Kier molecular flexibility index (Phi) is 5.75. The predicted molar refractivity (Wildman–Crippen MR) is 87.6 cm³/mol. The van der Waals surface area contributed by atoms with Gasteiger partial charge in [-0.05, 0) is 26.2 Å². The summed E-state index contributed by atoms with van der Waals surface area (Å²) < 4.78 is 0. The highest BCUT2D eigenvalue weighted by molar-refractivity contribution is 6.08. The zero-order valence-corrected chi connectivity index (χ0v) is 14.4. The number of likely N-dealkylation sites (N-methyl/N-ethyl adjacent to an activating group) is 1. The third kappa shape index (κ3) is 3.49. The van der Waals surface area contributed by atoms with Crippen LogP contribution in [-0.4, -0.2) is 60.1 Å². The smallest absolute Gasteiger partial charge is 0.245 e. The van der Waals surface area contributed by atoms with Crippen LogP contribution in [0.5, 0.6) is 0 Å². The highest BCUT2D eigenvalue weighted by atomic mass is 16.2. The van der Waals surface area contributed by atoms with E-state index in [0.717, 1.165) is 4.90 Å². The summed E-state index contributed by atoms with van der Waals surface area (Å²) in [6.07, 6.45) is 5.84. The molecule has 0 aromatic heterocycles. The molecule has 2 rings (SSSR count). The van der Waals surface area contributed by atoms with E-state index >= 15 is 0 Å². The fourth-order valence-corrected chi connectivity index (χ4v) is 3.35. The Morgan fingerprint density at radius 1 is 1.25 bits per heavy atom. The van der Waals surface area contributed by atoms with E-state index < -0.39 is 6.04 Å². The van der Waals surface area contributed by atoms with Gasteiger partial charge in [0.1, 0.15) is 6.04 Å². The molecule has 7 heteroatoms. The van der Waals surface area contributed by atoms with Crippen molar-refractivity contribution in [3.63, 3.8) is 0 Å². The van der Waals surface area contributed by atoms with E-state index in [-0.39, 0.29) is 35.5 Å². The Labute approximate surface area is 142 Å². The van der Waals surface area contributed by atoms with Crippen molar-refractivity contribution in [1.29, 1.82) is 0 Å². The quantitative estimate of drug-likeness (QED) is 0.559. The number of carbonyl (C=O) groups is 4. The highest BCUT2D eigenvalue weighted by Crippen LogP contribution is 2.36. The van der Waals surface area contributed by atoms with Gasteiger partial charge in [-0.25, -0.2) is 0 Å². The van der Waals surface area contributed by atoms with Gasteiger partial charge in [0.15, 0.2) is 0 Å². The maximum atomic E-state index is 12.5. The first-order valence-electron chi connectivity index (χ1n) is 8.36.